The van der Waals surface area contributed by atoms with Gasteiger partial charge < -0.3 is 10.2 Å². The van der Waals surface area contributed by atoms with Crippen LogP contribution in [0.4, 0.5) is 0 Å². The van der Waals surface area contributed by atoms with Gasteiger partial charge in [-0.25, -0.2) is 0 Å². The number of likely N-dealkylation sites (tertiary alicyclic amines) is 1. The number of hydrogen-bond acceptors (Lipinski definition) is 3. The van der Waals surface area contributed by atoms with Gasteiger partial charge in [0, 0.05) is 18.0 Å². The van der Waals surface area contributed by atoms with Crippen molar-refractivity contribution in [2.75, 3.05) is 26.2 Å². The lowest BCUT2D eigenvalue weighted by molar-refractivity contribution is 0.0763. The second-order valence-corrected chi connectivity index (χ2v) is 7.95. The fourth-order valence-corrected chi connectivity index (χ4v) is 5.39. The maximum atomic E-state index is 12.8. The Bertz CT molecular complexity index is 501. The third-order valence-electron chi connectivity index (χ3n) is 5.51. The van der Waals surface area contributed by atoms with Gasteiger partial charge in [-0.2, -0.15) is 0 Å². The third kappa shape index (κ3) is 2.64. The summed E-state index contributed by atoms with van der Waals surface area (Å²) in [5, 5.41) is 3.50. The molecule has 1 N–H and O–H groups in total. The predicted octanol–water partition coefficient (Wildman–Crippen LogP) is 2.70. The van der Waals surface area contributed by atoms with E-state index in [1.807, 2.05) is 0 Å². The lowest BCUT2D eigenvalue weighted by atomic mass is 9.92. The summed E-state index contributed by atoms with van der Waals surface area (Å²) in [4.78, 5) is 17.4. The Morgan fingerprint density at radius 2 is 1.86 bits per heavy atom. The van der Waals surface area contributed by atoms with Crippen LogP contribution in [0.25, 0.3) is 0 Å². The number of nitrogens with zero attached hydrogens (tertiary/aromatic N) is 1. The molecule has 3 heterocycles. The summed E-state index contributed by atoms with van der Waals surface area (Å²) < 4.78 is 0. The van der Waals surface area contributed by atoms with Gasteiger partial charge >= 0.3 is 0 Å². The number of hydrogen-bond donors (Lipinski definition) is 1. The van der Waals surface area contributed by atoms with Crippen molar-refractivity contribution >= 4 is 17.2 Å². The summed E-state index contributed by atoms with van der Waals surface area (Å²) in [5.74, 6) is 1.88. The van der Waals surface area contributed by atoms with Crippen molar-refractivity contribution in [2.45, 2.75) is 38.5 Å². The molecule has 2 saturated heterocycles. The zero-order valence-electron chi connectivity index (χ0n) is 12.6. The van der Waals surface area contributed by atoms with E-state index in [2.05, 4.69) is 16.3 Å². The van der Waals surface area contributed by atoms with E-state index >= 15 is 0 Å². The molecule has 4 heteroatoms. The average molecular weight is 304 g/mol. The fraction of sp³-hybridized carbons (Fsp3) is 0.706. The van der Waals surface area contributed by atoms with Crippen LogP contribution in [0.15, 0.2) is 6.07 Å². The summed E-state index contributed by atoms with van der Waals surface area (Å²) in [6.45, 7) is 4.20. The summed E-state index contributed by atoms with van der Waals surface area (Å²) in [6.07, 6.45) is 7.29. The molecular weight excluding hydrogens is 280 g/mol. The van der Waals surface area contributed by atoms with Gasteiger partial charge in [-0.3, -0.25) is 4.79 Å². The molecule has 2 atom stereocenters. The smallest absolute Gasteiger partial charge is 0.263 e. The largest absolute Gasteiger partial charge is 0.338 e. The molecule has 1 aliphatic carbocycles. The van der Waals surface area contributed by atoms with E-state index < -0.39 is 0 Å². The fourth-order valence-electron chi connectivity index (χ4n) is 4.17. The first-order valence-electron chi connectivity index (χ1n) is 8.43. The number of fused-ring (bicyclic) bond motifs is 2. The molecule has 1 aromatic rings. The maximum Gasteiger partial charge on any atom is 0.263 e. The van der Waals surface area contributed by atoms with Crippen molar-refractivity contribution in [3.63, 3.8) is 0 Å². The van der Waals surface area contributed by atoms with Crippen molar-refractivity contribution in [3.8, 4) is 0 Å². The first-order valence-corrected chi connectivity index (χ1v) is 9.24. The topological polar surface area (TPSA) is 32.3 Å². The summed E-state index contributed by atoms with van der Waals surface area (Å²) >= 11 is 1.76. The molecule has 0 radical (unpaired) electrons. The van der Waals surface area contributed by atoms with E-state index in [0.717, 1.165) is 42.9 Å². The number of amides is 1. The number of aryl methyl sites for hydroxylation is 2. The van der Waals surface area contributed by atoms with Gasteiger partial charge in [0.2, 0.25) is 0 Å². The molecule has 0 aromatic carbocycles. The molecule has 1 amide bonds. The van der Waals surface area contributed by atoms with E-state index in [1.165, 1.54) is 49.0 Å². The minimum Gasteiger partial charge on any atom is -0.338 e. The Kier molecular flexibility index (Phi) is 3.76. The van der Waals surface area contributed by atoms with Gasteiger partial charge in [0.05, 0.1) is 4.88 Å². The highest BCUT2D eigenvalue weighted by Crippen LogP contribution is 2.32. The van der Waals surface area contributed by atoms with Crippen LogP contribution in [0.3, 0.4) is 0 Å². The van der Waals surface area contributed by atoms with Crippen molar-refractivity contribution < 1.29 is 4.79 Å². The van der Waals surface area contributed by atoms with Gasteiger partial charge in [-0.1, -0.05) is 0 Å². The van der Waals surface area contributed by atoms with Crippen LogP contribution in [0.5, 0.6) is 0 Å². The molecule has 114 valence electrons. The van der Waals surface area contributed by atoms with Crippen LogP contribution >= 0.6 is 11.3 Å². The second-order valence-electron chi connectivity index (χ2n) is 6.81. The van der Waals surface area contributed by atoms with Gasteiger partial charge in [0.25, 0.3) is 5.91 Å². The van der Waals surface area contributed by atoms with Crippen LogP contribution in [0.2, 0.25) is 0 Å². The van der Waals surface area contributed by atoms with Crippen LogP contribution < -0.4 is 5.32 Å². The van der Waals surface area contributed by atoms with E-state index in [1.54, 1.807) is 11.3 Å². The molecule has 3 nitrogen and oxygen atoms in total. The molecule has 0 saturated carbocycles. The molecule has 21 heavy (non-hydrogen) atoms. The minimum absolute atomic E-state index is 0.294. The lowest BCUT2D eigenvalue weighted by Gasteiger charge is -2.20. The first-order chi connectivity index (χ1) is 10.3. The van der Waals surface area contributed by atoms with Crippen molar-refractivity contribution in [1.82, 2.24) is 10.2 Å². The summed E-state index contributed by atoms with van der Waals surface area (Å²) in [7, 11) is 0. The van der Waals surface area contributed by atoms with Gasteiger partial charge in [-0.15, -0.1) is 11.3 Å². The minimum atomic E-state index is 0.294. The summed E-state index contributed by atoms with van der Waals surface area (Å²) in [5.41, 5.74) is 1.45. The second kappa shape index (κ2) is 5.73. The monoisotopic (exact) mass is 304 g/mol. The van der Waals surface area contributed by atoms with Crippen molar-refractivity contribution in [3.05, 3.63) is 21.4 Å². The molecule has 2 fully saturated rings. The van der Waals surface area contributed by atoms with Crippen LogP contribution in [0.1, 0.15) is 45.8 Å². The Morgan fingerprint density at radius 1 is 1.14 bits per heavy atom. The highest BCUT2D eigenvalue weighted by molar-refractivity contribution is 7.14. The first kappa shape index (κ1) is 13.8. The van der Waals surface area contributed by atoms with Gasteiger partial charge in [-0.05, 0) is 75.1 Å². The zero-order chi connectivity index (χ0) is 14.2. The highest BCUT2D eigenvalue weighted by Gasteiger charge is 2.32. The van der Waals surface area contributed by atoms with Crippen molar-refractivity contribution in [1.29, 1.82) is 0 Å². The molecule has 2 aliphatic heterocycles. The normalized spacial score (nSPS) is 28.9. The molecular formula is C17H24N2OS. The Morgan fingerprint density at radius 3 is 2.57 bits per heavy atom. The molecule has 0 spiro atoms. The molecule has 0 unspecified atom stereocenters. The number of nitrogens with one attached hydrogen (secondary N) is 1. The van der Waals surface area contributed by atoms with Crippen molar-refractivity contribution in [2.24, 2.45) is 11.8 Å². The SMILES string of the molecule is O=C(c1cc2c(s1)CCCC2)N1CC[C@@H]2CNC[C@@H]2CC1. The zero-order valence-corrected chi connectivity index (χ0v) is 13.4. The standard InChI is InChI=1S/C17H24N2OS/c20-17(16-9-12-3-1-2-4-15(12)21-16)19-7-5-13-10-18-11-14(13)6-8-19/h9,13-14,18H,1-8,10-11H2/t13-,14+. The van der Waals surface area contributed by atoms with Crippen LogP contribution in [-0.4, -0.2) is 37.0 Å². The average Bonchev–Trinajstić information content (AvgIpc) is 3.09. The number of carbonyl (C=O) groups is 1. The maximum absolute atomic E-state index is 12.8. The van der Waals surface area contributed by atoms with Gasteiger partial charge in [0.15, 0.2) is 0 Å². The van der Waals surface area contributed by atoms with Crippen LogP contribution in [-0.2, 0) is 12.8 Å². The van der Waals surface area contributed by atoms with E-state index in [-0.39, 0.29) is 0 Å². The Labute approximate surface area is 130 Å². The number of carbonyl (C=O) groups excluding carboxylic acids is 1. The molecule has 0 bridgehead atoms. The highest BCUT2D eigenvalue weighted by atomic mass is 32.1. The quantitative estimate of drug-likeness (QED) is 0.865. The molecule has 1 aromatic heterocycles. The Hall–Kier alpha value is -0.870. The summed E-state index contributed by atoms with van der Waals surface area (Å²) in [6, 6.07) is 2.19. The Balaban J connectivity index is 1.48. The lowest BCUT2D eigenvalue weighted by Crippen LogP contribution is -2.32. The number of rotatable bonds is 1. The molecule has 4 rings (SSSR count). The van der Waals surface area contributed by atoms with E-state index in [4.69, 9.17) is 0 Å². The van der Waals surface area contributed by atoms with Gasteiger partial charge in [0.1, 0.15) is 0 Å². The number of thiophene rings is 1. The van der Waals surface area contributed by atoms with Crippen LogP contribution in [0, 0.1) is 11.8 Å². The third-order valence-corrected chi connectivity index (χ3v) is 6.74. The van der Waals surface area contributed by atoms with E-state index in [9.17, 15) is 4.79 Å². The molecule has 3 aliphatic rings. The van der Waals surface area contributed by atoms with E-state index in [0.29, 0.717) is 5.91 Å². The predicted molar refractivity (Wildman–Crippen MR) is 85.9 cm³/mol.